The third-order valence-corrected chi connectivity index (χ3v) is 0.998. The van der Waals surface area contributed by atoms with Crippen molar-refractivity contribution < 1.29 is 4.39 Å². The molecule has 1 nitrogen and oxygen atoms in total. The Morgan fingerprint density at radius 2 is 2.57 bits per heavy atom. The quantitative estimate of drug-likeness (QED) is 0.452. The Labute approximate surface area is 42.2 Å². The van der Waals surface area contributed by atoms with Crippen LogP contribution in [-0.4, -0.2) is 6.54 Å². The molecular weight excluding hydrogens is 93.1 g/mol. The predicted molar refractivity (Wildman–Crippen MR) is 26.4 cm³/mol. The molecule has 0 saturated heterocycles. The average Bonchev–Trinajstić information content (AvgIpc) is 1.69. The molecule has 0 spiro atoms. The van der Waals surface area contributed by atoms with Gasteiger partial charge in [0, 0.05) is 6.54 Å². The van der Waals surface area contributed by atoms with Crippen LogP contribution in [0.1, 0.15) is 12.8 Å². The molecule has 0 aromatic carbocycles. The Kier molecular flexibility index (Phi) is 1.29. The molecule has 0 saturated carbocycles. The molecule has 0 aromatic heterocycles. The van der Waals surface area contributed by atoms with Gasteiger partial charge in [0.15, 0.2) is 5.95 Å². The van der Waals surface area contributed by atoms with E-state index in [0.29, 0.717) is 0 Å². The van der Waals surface area contributed by atoms with E-state index in [2.05, 4.69) is 5.32 Å². The lowest BCUT2D eigenvalue weighted by Gasteiger charge is -2.06. The molecule has 1 heterocycles. The lowest BCUT2D eigenvalue weighted by Crippen LogP contribution is -2.14. The fraction of sp³-hybridized carbons (Fsp3) is 0.600. The van der Waals surface area contributed by atoms with Gasteiger partial charge in [0.05, 0.1) is 0 Å². The lowest BCUT2D eigenvalue weighted by molar-refractivity contribution is 0.508. The topological polar surface area (TPSA) is 12.0 Å². The fourth-order valence-corrected chi connectivity index (χ4v) is 0.611. The van der Waals surface area contributed by atoms with Crippen molar-refractivity contribution in [3.8, 4) is 0 Å². The Balaban J connectivity index is 2.40. The molecule has 0 radical (unpaired) electrons. The molecule has 0 aromatic rings. The molecule has 1 aliphatic rings. The molecule has 0 aliphatic carbocycles. The molecule has 1 aliphatic heterocycles. The van der Waals surface area contributed by atoms with E-state index in [-0.39, 0.29) is 5.95 Å². The maximum Gasteiger partial charge on any atom is 0.183 e. The van der Waals surface area contributed by atoms with Crippen molar-refractivity contribution in [2.24, 2.45) is 0 Å². The Morgan fingerprint density at radius 3 is 2.86 bits per heavy atom. The van der Waals surface area contributed by atoms with Gasteiger partial charge in [-0.15, -0.1) is 0 Å². The molecule has 1 N–H and O–H groups in total. The zero-order valence-electron chi connectivity index (χ0n) is 4.08. The van der Waals surface area contributed by atoms with Gasteiger partial charge < -0.3 is 5.32 Å². The van der Waals surface area contributed by atoms with Gasteiger partial charge in [-0.3, -0.25) is 0 Å². The number of hydrogen-bond donors (Lipinski definition) is 1. The van der Waals surface area contributed by atoms with Gasteiger partial charge in [-0.25, -0.2) is 0 Å². The largest absolute Gasteiger partial charge is 0.362 e. The minimum atomic E-state index is -0.161. The van der Waals surface area contributed by atoms with E-state index in [1.54, 1.807) is 6.08 Å². The summed E-state index contributed by atoms with van der Waals surface area (Å²) in [5.41, 5.74) is 0. The van der Waals surface area contributed by atoms with Crippen LogP contribution in [0, 0.1) is 0 Å². The molecule has 0 unspecified atom stereocenters. The van der Waals surface area contributed by atoms with Crippen molar-refractivity contribution in [1.29, 1.82) is 0 Å². The third-order valence-electron chi connectivity index (χ3n) is 0.998. The standard InChI is InChI=1S/C5H8FN/c6-5-3-1-2-4-7-5/h3,7H,1-2,4H2. The molecule has 7 heavy (non-hydrogen) atoms. The highest BCUT2D eigenvalue weighted by atomic mass is 19.1. The van der Waals surface area contributed by atoms with Crippen LogP contribution < -0.4 is 5.32 Å². The number of halogens is 1. The van der Waals surface area contributed by atoms with Gasteiger partial charge in [-0.2, -0.15) is 4.39 Å². The highest BCUT2D eigenvalue weighted by Gasteiger charge is 1.96. The second kappa shape index (κ2) is 1.96. The first-order valence-electron chi connectivity index (χ1n) is 2.49. The fourth-order valence-electron chi connectivity index (χ4n) is 0.611. The molecule has 0 amide bonds. The molecule has 2 heteroatoms. The Hall–Kier alpha value is -0.530. The minimum Gasteiger partial charge on any atom is -0.362 e. The monoisotopic (exact) mass is 101 g/mol. The zero-order chi connectivity index (χ0) is 5.11. The van der Waals surface area contributed by atoms with E-state index in [1.165, 1.54) is 0 Å². The summed E-state index contributed by atoms with van der Waals surface area (Å²) in [6.07, 6.45) is 3.52. The first-order chi connectivity index (χ1) is 3.39. The summed E-state index contributed by atoms with van der Waals surface area (Å²) >= 11 is 0. The number of hydrogen-bond acceptors (Lipinski definition) is 1. The first-order valence-corrected chi connectivity index (χ1v) is 2.49. The van der Waals surface area contributed by atoms with E-state index in [0.717, 1.165) is 19.4 Å². The van der Waals surface area contributed by atoms with Gasteiger partial charge in [-0.1, -0.05) is 0 Å². The summed E-state index contributed by atoms with van der Waals surface area (Å²) in [6, 6.07) is 0. The van der Waals surface area contributed by atoms with E-state index in [1.807, 2.05) is 0 Å². The lowest BCUT2D eigenvalue weighted by atomic mass is 10.2. The van der Waals surface area contributed by atoms with Gasteiger partial charge >= 0.3 is 0 Å². The maximum absolute atomic E-state index is 11.9. The van der Waals surface area contributed by atoms with Crippen LogP contribution in [0.15, 0.2) is 12.0 Å². The Bertz CT molecular complexity index is 88.1. The van der Waals surface area contributed by atoms with Crippen LogP contribution in [0.4, 0.5) is 4.39 Å². The highest BCUT2D eigenvalue weighted by molar-refractivity contribution is 4.92. The van der Waals surface area contributed by atoms with E-state index < -0.39 is 0 Å². The summed E-state index contributed by atoms with van der Waals surface area (Å²) < 4.78 is 11.9. The van der Waals surface area contributed by atoms with Gasteiger partial charge in [0.2, 0.25) is 0 Å². The number of rotatable bonds is 0. The van der Waals surface area contributed by atoms with Crippen molar-refractivity contribution in [2.75, 3.05) is 6.54 Å². The van der Waals surface area contributed by atoms with Gasteiger partial charge in [0.1, 0.15) is 0 Å². The SMILES string of the molecule is FC1=CCCCN1. The van der Waals surface area contributed by atoms with Crippen LogP contribution in [-0.2, 0) is 0 Å². The first kappa shape index (κ1) is 4.62. The van der Waals surface area contributed by atoms with Crippen molar-refractivity contribution in [1.82, 2.24) is 5.32 Å². The molecular formula is C5H8FN. The van der Waals surface area contributed by atoms with Crippen LogP contribution in [0.25, 0.3) is 0 Å². The molecule has 40 valence electrons. The third kappa shape index (κ3) is 1.18. The number of nitrogens with one attached hydrogen (secondary N) is 1. The van der Waals surface area contributed by atoms with Crippen LogP contribution in [0.3, 0.4) is 0 Å². The van der Waals surface area contributed by atoms with Crippen molar-refractivity contribution in [2.45, 2.75) is 12.8 Å². The van der Waals surface area contributed by atoms with Crippen LogP contribution >= 0.6 is 0 Å². The minimum absolute atomic E-state index is 0.161. The Morgan fingerprint density at radius 1 is 1.71 bits per heavy atom. The van der Waals surface area contributed by atoms with Crippen molar-refractivity contribution >= 4 is 0 Å². The van der Waals surface area contributed by atoms with Crippen molar-refractivity contribution in [3.63, 3.8) is 0 Å². The second-order valence-corrected chi connectivity index (χ2v) is 1.62. The normalized spacial score (nSPS) is 20.4. The highest BCUT2D eigenvalue weighted by Crippen LogP contribution is 2.02. The zero-order valence-corrected chi connectivity index (χ0v) is 4.08. The number of allylic oxidation sites excluding steroid dienone is 1. The van der Waals surface area contributed by atoms with Gasteiger partial charge in [0.25, 0.3) is 0 Å². The van der Waals surface area contributed by atoms with Gasteiger partial charge in [-0.05, 0) is 18.9 Å². The van der Waals surface area contributed by atoms with E-state index in [9.17, 15) is 4.39 Å². The van der Waals surface area contributed by atoms with E-state index in [4.69, 9.17) is 0 Å². The summed E-state index contributed by atoms with van der Waals surface area (Å²) in [4.78, 5) is 0. The summed E-state index contributed by atoms with van der Waals surface area (Å²) in [6.45, 7) is 0.794. The van der Waals surface area contributed by atoms with Crippen molar-refractivity contribution in [3.05, 3.63) is 12.0 Å². The summed E-state index contributed by atoms with van der Waals surface area (Å²) in [5, 5.41) is 2.58. The van der Waals surface area contributed by atoms with Crippen LogP contribution in [0.5, 0.6) is 0 Å². The summed E-state index contributed by atoms with van der Waals surface area (Å²) in [7, 11) is 0. The average molecular weight is 101 g/mol. The molecule has 0 bridgehead atoms. The molecule has 0 atom stereocenters. The summed E-state index contributed by atoms with van der Waals surface area (Å²) in [5.74, 6) is -0.161. The smallest absolute Gasteiger partial charge is 0.183 e. The molecule has 0 fully saturated rings. The predicted octanol–water partition coefficient (Wildman–Crippen LogP) is 1.18. The molecule has 1 rings (SSSR count). The van der Waals surface area contributed by atoms with Crippen LogP contribution in [0.2, 0.25) is 0 Å². The maximum atomic E-state index is 11.9. The van der Waals surface area contributed by atoms with E-state index >= 15 is 0 Å². The second-order valence-electron chi connectivity index (χ2n) is 1.62.